The zero-order chi connectivity index (χ0) is 25.4. The first-order valence-corrected chi connectivity index (χ1v) is 10.8. The van der Waals surface area contributed by atoms with Gasteiger partial charge in [-0.1, -0.05) is 30.3 Å². The summed E-state index contributed by atoms with van der Waals surface area (Å²) in [6.45, 7) is 5.22. The second-order valence-electron chi connectivity index (χ2n) is 8.53. The Labute approximate surface area is 202 Å². The van der Waals surface area contributed by atoms with E-state index in [1.165, 1.54) is 11.9 Å². The van der Waals surface area contributed by atoms with Crippen LogP contribution >= 0.6 is 0 Å². The van der Waals surface area contributed by atoms with Crippen molar-refractivity contribution in [3.05, 3.63) is 71.5 Å². The largest absolute Gasteiger partial charge is 0.465 e. The van der Waals surface area contributed by atoms with E-state index in [-0.39, 0.29) is 18.9 Å². The maximum absolute atomic E-state index is 12.8. The number of hydrogen-bond donors (Lipinski definition) is 1. The van der Waals surface area contributed by atoms with Gasteiger partial charge in [-0.25, -0.2) is 14.4 Å². The van der Waals surface area contributed by atoms with E-state index in [1.807, 2.05) is 30.3 Å². The number of carbonyl (C=O) groups excluding carboxylic acids is 3. The van der Waals surface area contributed by atoms with Crippen molar-refractivity contribution in [2.75, 3.05) is 7.11 Å². The molecule has 11 heteroatoms. The molecule has 1 aromatic heterocycles. The van der Waals surface area contributed by atoms with Crippen LogP contribution in [0.25, 0.3) is 5.69 Å². The summed E-state index contributed by atoms with van der Waals surface area (Å²) in [5.74, 6) is -0.927. The van der Waals surface area contributed by atoms with Gasteiger partial charge in [0.2, 0.25) is 0 Å². The molecule has 1 N–H and O–H groups in total. The molecule has 1 heterocycles. The summed E-state index contributed by atoms with van der Waals surface area (Å²) in [5.41, 5.74) is 0.955. The molecular weight excluding hydrogens is 454 g/mol. The third-order valence-electron chi connectivity index (χ3n) is 4.56. The van der Waals surface area contributed by atoms with Crippen LogP contribution in [0.3, 0.4) is 0 Å². The number of aromatic nitrogens is 4. The zero-order valence-electron chi connectivity index (χ0n) is 19.9. The highest BCUT2D eigenvalue weighted by molar-refractivity contribution is 5.89. The molecule has 0 fully saturated rings. The molecule has 0 radical (unpaired) electrons. The van der Waals surface area contributed by atoms with Gasteiger partial charge in [-0.3, -0.25) is 0 Å². The van der Waals surface area contributed by atoms with Crippen LogP contribution < -0.4 is 5.32 Å². The normalized spacial score (nSPS) is 11.9. The highest BCUT2D eigenvalue weighted by Crippen LogP contribution is 2.12. The first-order valence-electron chi connectivity index (χ1n) is 10.8. The smallest absolute Gasteiger partial charge is 0.408 e. The SMILES string of the molecule is COC(=O)c1ccc(-n2nnc(C[C@H](NC(=O)OCc3ccccc3)C(=O)OC(C)(C)C)n2)cc1. The number of hydrogen-bond acceptors (Lipinski definition) is 9. The molecule has 11 nitrogen and oxygen atoms in total. The fourth-order valence-electron chi connectivity index (χ4n) is 2.94. The van der Waals surface area contributed by atoms with E-state index in [0.29, 0.717) is 11.3 Å². The number of ether oxygens (including phenoxy) is 3. The lowest BCUT2D eigenvalue weighted by molar-refractivity contribution is -0.157. The number of benzene rings is 2. The minimum Gasteiger partial charge on any atom is -0.465 e. The minimum atomic E-state index is -1.10. The molecule has 2 aromatic carbocycles. The van der Waals surface area contributed by atoms with Gasteiger partial charge >= 0.3 is 18.0 Å². The number of alkyl carbamates (subject to hydrolysis) is 1. The van der Waals surface area contributed by atoms with Crippen LogP contribution in [0.4, 0.5) is 4.79 Å². The summed E-state index contributed by atoms with van der Waals surface area (Å²) < 4.78 is 15.4. The van der Waals surface area contributed by atoms with Crippen molar-refractivity contribution >= 4 is 18.0 Å². The standard InChI is InChI=1S/C24H27N5O6/c1-24(2,3)35-22(31)19(25-23(32)34-15-16-8-6-5-7-9-16)14-20-26-28-29(27-20)18-12-10-17(11-13-18)21(30)33-4/h5-13,19H,14-15H2,1-4H3,(H,25,32)/t19-/m0/s1. The van der Waals surface area contributed by atoms with Gasteiger partial charge in [-0.05, 0) is 55.8 Å². The Morgan fingerprint density at radius 3 is 2.34 bits per heavy atom. The molecule has 1 amide bonds. The van der Waals surface area contributed by atoms with Gasteiger partial charge in [0, 0.05) is 6.42 Å². The second-order valence-corrected chi connectivity index (χ2v) is 8.53. The maximum atomic E-state index is 12.8. The van der Waals surface area contributed by atoms with Crippen LogP contribution in [0.5, 0.6) is 0 Å². The van der Waals surface area contributed by atoms with Crippen LogP contribution in [-0.4, -0.2) is 57.0 Å². The minimum absolute atomic E-state index is 0.0454. The Bertz CT molecular complexity index is 1160. The quantitative estimate of drug-likeness (QED) is 0.380. The Balaban J connectivity index is 1.70. The van der Waals surface area contributed by atoms with Crippen molar-refractivity contribution in [3.8, 4) is 5.69 Å². The second kappa shape index (κ2) is 11.2. The fraction of sp³-hybridized carbons (Fsp3) is 0.333. The van der Waals surface area contributed by atoms with E-state index < -0.39 is 29.7 Å². The lowest BCUT2D eigenvalue weighted by Crippen LogP contribution is -2.45. The van der Waals surface area contributed by atoms with Crippen LogP contribution in [0, 0.1) is 0 Å². The number of esters is 2. The molecule has 0 saturated heterocycles. The summed E-state index contributed by atoms with van der Waals surface area (Å²) >= 11 is 0. The Morgan fingerprint density at radius 1 is 1.03 bits per heavy atom. The predicted molar refractivity (Wildman–Crippen MR) is 124 cm³/mol. The van der Waals surface area contributed by atoms with Crippen molar-refractivity contribution < 1.29 is 28.6 Å². The molecule has 0 spiro atoms. The van der Waals surface area contributed by atoms with Gasteiger partial charge in [0.1, 0.15) is 18.2 Å². The molecule has 0 saturated carbocycles. The number of amides is 1. The highest BCUT2D eigenvalue weighted by Gasteiger charge is 2.29. The van der Waals surface area contributed by atoms with Gasteiger partial charge in [0.15, 0.2) is 5.82 Å². The Morgan fingerprint density at radius 2 is 1.71 bits per heavy atom. The van der Waals surface area contributed by atoms with Crippen LogP contribution in [0.15, 0.2) is 54.6 Å². The van der Waals surface area contributed by atoms with E-state index in [1.54, 1.807) is 45.0 Å². The van der Waals surface area contributed by atoms with Gasteiger partial charge in [0.05, 0.1) is 18.4 Å². The van der Waals surface area contributed by atoms with Crippen LogP contribution in [0.2, 0.25) is 0 Å². The number of tetrazole rings is 1. The van der Waals surface area contributed by atoms with Crippen molar-refractivity contribution in [1.82, 2.24) is 25.5 Å². The predicted octanol–water partition coefficient (Wildman–Crippen LogP) is 2.63. The number of rotatable bonds is 8. The van der Waals surface area contributed by atoms with Crippen molar-refractivity contribution in [2.24, 2.45) is 0 Å². The van der Waals surface area contributed by atoms with E-state index in [9.17, 15) is 14.4 Å². The highest BCUT2D eigenvalue weighted by atomic mass is 16.6. The fourth-order valence-corrected chi connectivity index (χ4v) is 2.94. The van der Waals surface area contributed by atoms with Crippen molar-refractivity contribution in [3.63, 3.8) is 0 Å². The maximum Gasteiger partial charge on any atom is 0.408 e. The topological polar surface area (TPSA) is 135 Å². The van der Waals surface area contributed by atoms with E-state index in [2.05, 4.69) is 25.5 Å². The van der Waals surface area contributed by atoms with Gasteiger partial charge < -0.3 is 19.5 Å². The lowest BCUT2D eigenvalue weighted by Gasteiger charge is -2.23. The van der Waals surface area contributed by atoms with Crippen LogP contribution in [0.1, 0.15) is 42.5 Å². The molecule has 184 valence electrons. The average Bonchev–Trinajstić information content (AvgIpc) is 3.30. The third kappa shape index (κ3) is 7.63. The molecule has 3 rings (SSSR count). The molecule has 0 unspecified atom stereocenters. The first kappa shape index (κ1) is 25.3. The third-order valence-corrected chi connectivity index (χ3v) is 4.56. The summed E-state index contributed by atoms with van der Waals surface area (Å²) in [6, 6.07) is 14.4. The molecule has 0 aliphatic rings. The zero-order valence-corrected chi connectivity index (χ0v) is 19.9. The van der Waals surface area contributed by atoms with Gasteiger partial charge in [0.25, 0.3) is 0 Å². The summed E-state index contributed by atoms with van der Waals surface area (Å²) in [5, 5.41) is 14.8. The molecule has 0 bridgehead atoms. The molecule has 0 aliphatic carbocycles. The van der Waals surface area contributed by atoms with Gasteiger partial charge in [-0.2, -0.15) is 0 Å². The first-order chi connectivity index (χ1) is 16.6. The molecule has 3 aromatic rings. The van der Waals surface area contributed by atoms with Crippen molar-refractivity contribution in [1.29, 1.82) is 0 Å². The Kier molecular flexibility index (Phi) is 8.13. The molecule has 0 aliphatic heterocycles. The van der Waals surface area contributed by atoms with E-state index in [4.69, 9.17) is 9.47 Å². The molecule has 35 heavy (non-hydrogen) atoms. The van der Waals surface area contributed by atoms with Crippen molar-refractivity contribution in [2.45, 2.75) is 45.4 Å². The number of nitrogens with one attached hydrogen (secondary N) is 1. The Hall–Kier alpha value is -4.28. The van der Waals surface area contributed by atoms with Gasteiger partial charge in [-0.15, -0.1) is 15.0 Å². The summed E-state index contributed by atoms with van der Waals surface area (Å²) in [4.78, 5) is 38.0. The molecule has 1 atom stereocenters. The number of nitrogens with zero attached hydrogens (tertiary/aromatic N) is 4. The average molecular weight is 482 g/mol. The van der Waals surface area contributed by atoms with E-state index in [0.717, 1.165) is 5.56 Å². The van der Waals surface area contributed by atoms with E-state index >= 15 is 0 Å². The molecular formula is C24H27N5O6. The van der Waals surface area contributed by atoms with Crippen LogP contribution in [-0.2, 0) is 32.0 Å². The monoisotopic (exact) mass is 481 g/mol. The lowest BCUT2D eigenvalue weighted by atomic mass is 10.1. The summed E-state index contributed by atoms with van der Waals surface area (Å²) in [7, 11) is 1.30. The number of carbonyl (C=O) groups is 3. The summed E-state index contributed by atoms with van der Waals surface area (Å²) in [6.07, 6.45) is -0.856. The number of methoxy groups -OCH3 is 1.